The Balaban J connectivity index is 0.00000400. The van der Waals surface area contributed by atoms with Gasteiger partial charge in [0.05, 0.1) is 5.70 Å². The van der Waals surface area contributed by atoms with E-state index in [1.165, 1.54) is 23.9 Å². The summed E-state index contributed by atoms with van der Waals surface area (Å²) in [7, 11) is 0. The van der Waals surface area contributed by atoms with Crippen LogP contribution in [0, 0.1) is 13.8 Å². The van der Waals surface area contributed by atoms with Crippen molar-refractivity contribution in [3.05, 3.63) is 34.2 Å². The van der Waals surface area contributed by atoms with Crippen molar-refractivity contribution in [1.29, 1.82) is 0 Å². The van der Waals surface area contributed by atoms with E-state index in [0.29, 0.717) is 21.9 Å². The van der Waals surface area contributed by atoms with Gasteiger partial charge in [-0.15, -0.1) is 24.9 Å². The third-order valence-electron chi connectivity index (χ3n) is 2.44. The molecule has 0 N–H and O–H groups in total. The predicted octanol–water partition coefficient (Wildman–Crippen LogP) is 5.46. The number of aryl methyl sites for hydroxylation is 2. The standard InChI is InChI=1S/C13H14F3NOS2.CH4/c1-8-4-10(18-13(14,15)16)5-9(2)12(8)11(17-3)6-20-7-19;/h4-6,19H,3,7H2,1-2H3;1H4/b11-6-;. The molecule has 0 aliphatic carbocycles. The number of thioether (sulfide) groups is 1. The maximum Gasteiger partial charge on any atom is 0.573 e. The first-order valence-corrected chi connectivity index (χ1v) is 7.23. The van der Waals surface area contributed by atoms with E-state index in [1.807, 2.05) is 0 Å². The molecule has 0 aliphatic heterocycles. The Kier molecular flexibility index (Phi) is 7.95. The van der Waals surface area contributed by atoms with Crippen LogP contribution in [0.1, 0.15) is 24.1 Å². The van der Waals surface area contributed by atoms with E-state index < -0.39 is 6.36 Å². The lowest BCUT2D eigenvalue weighted by Crippen LogP contribution is -2.17. The first-order valence-electron chi connectivity index (χ1n) is 5.55. The quantitative estimate of drug-likeness (QED) is 0.438. The van der Waals surface area contributed by atoms with Crippen LogP contribution < -0.4 is 4.74 Å². The third kappa shape index (κ3) is 6.05. The van der Waals surface area contributed by atoms with Crippen LogP contribution in [-0.2, 0) is 0 Å². The number of ether oxygens (including phenoxy) is 1. The summed E-state index contributed by atoms with van der Waals surface area (Å²) in [6.07, 6.45) is -4.70. The van der Waals surface area contributed by atoms with Crippen molar-refractivity contribution in [2.24, 2.45) is 4.99 Å². The lowest BCUT2D eigenvalue weighted by atomic mass is 10.0. The fraction of sp³-hybridized carbons (Fsp3) is 0.357. The number of benzene rings is 1. The Morgan fingerprint density at radius 2 is 1.90 bits per heavy atom. The summed E-state index contributed by atoms with van der Waals surface area (Å²) in [5, 5.41) is 2.35. The van der Waals surface area contributed by atoms with Crippen LogP contribution in [0.25, 0.3) is 5.70 Å². The highest BCUT2D eigenvalue weighted by molar-refractivity contribution is 8.11. The summed E-state index contributed by atoms with van der Waals surface area (Å²) in [5.74, 6) is -0.235. The molecule has 0 bridgehead atoms. The molecule has 0 saturated heterocycles. The molecule has 1 aromatic rings. The number of hydrogen-bond donors (Lipinski definition) is 1. The van der Waals surface area contributed by atoms with Gasteiger partial charge in [0.1, 0.15) is 5.75 Å². The molecule has 0 heterocycles. The van der Waals surface area contributed by atoms with Gasteiger partial charge in [-0.1, -0.05) is 7.43 Å². The van der Waals surface area contributed by atoms with Crippen molar-refractivity contribution in [2.75, 3.05) is 5.08 Å². The van der Waals surface area contributed by atoms with Gasteiger partial charge in [0.25, 0.3) is 0 Å². The molecule has 2 nitrogen and oxygen atoms in total. The number of halogens is 3. The fourth-order valence-electron chi connectivity index (χ4n) is 1.81. The van der Waals surface area contributed by atoms with Crippen LogP contribution in [0.4, 0.5) is 13.2 Å². The molecule has 21 heavy (non-hydrogen) atoms. The average molecular weight is 337 g/mol. The summed E-state index contributed by atoms with van der Waals surface area (Å²) in [4.78, 5) is 3.91. The van der Waals surface area contributed by atoms with Gasteiger partial charge in [0.2, 0.25) is 0 Å². The van der Waals surface area contributed by atoms with E-state index in [1.54, 1.807) is 19.3 Å². The van der Waals surface area contributed by atoms with E-state index in [-0.39, 0.29) is 13.2 Å². The van der Waals surface area contributed by atoms with Crippen molar-refractivity contribution >= 4 is 36.8 Å². The zero-order valence-corrected chi connectivity index (χ0v) is 12.7. The second-order valence-corrected chi connectivity index (χ2v) is 5.54. The van der Waals surface area contributed by atoms with Gasteiger partial charge in [0.15, 0.2) is 0 Å². The molecule has 0 saturated carbocycles. The topological polar surface area (TPSA) is 21.6 Å². The summed E-state index contributed by atoms with van der Waals surface area (Å²) in [6, 6.07) is 2.67. The molecule has 0 unspecified atom stereocenters. The zero-order valence-electron chi connectivity index (χ0n) is 11.0. The molecule has 0 radical (unpaired) electrons. The zero-order chi connectivity index (χ0) is 15.3. The van der Waals surface area contributed by atoms with Crippen molar-refractivity contribution in [2.45, 2.75) is 27.6 Å². The van der Waals surface area contributed by atoms with E-state index in [4.69, 9.17) is 0 Å². The van der Waals surface area contributed by atoms with E-state index >= 15 is 0 Å². The maximum absolute atomic E-state index is 12.2. The van der Waals surface area contributed by atoms with Crippen molar-refractivity contribution in [1.82, 2.24) is 0 Å². The highest BCUT2D eigenvalue weighted by Gasteiger charge is 2.31. The first kappa shape index (κ1) is 19.9. The molecule has 7 heteroatoms. The molecular weight excluding hydrogens is 319 g/mol. The predicted molar refractivity (Wildman–Crippen MR) is 88.3 cm³/mol. The normalized spacial score (nSPS) is 11.8. The maximum atomic E-state index is 12.2. The lowest BCUT2D eigenvalue weighted by Gasteiger charge is -2.14. The summed E-state index contributed by atoms with van der Waals surface area (Å²) < 4.78 is 40.6. The molecule has 0 amide bonds. The first-order chi connectivity index (χ1) is 9.28. The van der Waals surface area contributed by atoms with Gasteiger partial charge in [-0.3, -0.25) is 4.99 Å². The Labute approximate surface area is 132 Å². The summed E-state index contributed by atoms with van der Waals surface area (Å²) in [6.45, 7) is 6.90. The van der Waals surface area contributed by atoms with Crippen molar-refractivity contribution < 1.29 is 17.9 Å². The minimum Gasteiger partial charge on any atom is -0.406 e. The number of nitrogens with zero attached hydrogens (tertiary/aromatic N) is 1. The number of aliphatic imine (C=N–C) groups is 1. The van der Waals surface area contributed by atoms with Crippen LogP contribution >= 0.6 is 24.4 Å². The average Bonchev–Trinajstić information content (AvgIpc) is 2.30. The summed E-state index contributed by atoms with van der Waals surface area (Å²) in [5.41, 5.74) is 2.65. The molecule has 118 valence electrons. The Hall–Kier alpha value is -1.08. The van der Waals surface area contributed by atoms with Gasteiger partial charge in [-0.25, -0.2) is 0 Å². The van der Waals surface area contributed by atoms with Crippen molar-refractivity contribution in [3.8, 4) is 5.75 Å². The Morgan fingerprint density at radius 1 is 1.38 bits per heavy atom. The number of thiol groups is 1. The highest BCUT2D eigenvalue weighted by Crippen LogP contribution is 2.32. The second-order valence-electron chi connectivity index (χ2n) is 3.94. The summed E-state index contributed by atoms with van der Waals surface area (Å²) >= 11 is 5.50. The second kappa shape index (κ2) is 8.38. The van der Waals surface area contributed by atoms with Crippen LogP contribution in [-0.4, -0.2) is 18.2 Å². The van der Waals surface area contributed by atoms with Gasteiger partial charge < -0.3 is 4.74 Å². The van der Waals surface area contributed by atoms with Crippen molar-refractivity contribution in [3.63, 3.8) is 0 Å². The van der Waals surface area contributed by atoms with Crippen LogP contribution in [0.3, 0.4) is 0 Å². The van der Waals surface area contributed by atoms with E-state index in [9.17, 15) is 13.2 Å². The molecule has 0 fully saturated rings. The van der Waals surface area contributed by atoms with Gasteiger partial charge in [0, 0.05) is 10.6 Å². The lowest BCUT2D eigenvalue weighted by molar-refractivity contribution is -0.274. The highest BCUT2D eigenvalue weighted by atomic mass is 32.2. The van der Waals surface area contributed by atoms with Crippen LogP contribution in [0.15, 0.2) is 22.5 Å². The van der Waals surface area contributed by atoms with Gasteiger partial charge in [-0.2, -0.15) is 12.6 Å². The number of hydrogen-bond acceptors (Lipinski definition) is 4. The fourth-order valence-corrected chi connectivity index (χ4v) is 2.46. The largest absolute Gasteiger partial charge is 0.573 e. The monoisotopic (exact) mass is 337 g/mol. The Bertz CT molecular complexity index is 504. The molecule has 1 rings (SSSR count). The van der Waals surface area contributed by atoms with Gasteiger partial charge >= 0.3 is 6.36 Å². The van der Waals surface area contributed by atoms with Crippen LogP contribution in [0.5, 0.6) is 5.75 Å². The molecule has 0 aliphatic rings. The smallest absolute Gasteiger partial charge is 0.406 e. The molecule has 0 aromatic heterocycles. The number of alkyl halides is 3. The molecular formula is C14H18F3NOS2. The minimum absolute atomic E-state index is 0. The minimum atomic E-state index is -4.70. The molecule has 1 aromatic carbocycles. The SMILES string of the molecule is C.C=N/C(=C\SCS)c1c(C)cc(OC(F)(F)F)cc1C. The molecule has 0 atom stereocenters. The van der Waals surface area contributed by atoms with E-state index in [0.717, 1.165) is 5.56 Å². The van der Waals surface area contributed by atoms with Crippen LogP contribution in [0.2, 0.25) is 0 Å². The third-order valence-corrected chi connectivity index (χ3v) is 3.42. The Morgan fingerprint density at radius 3 is 2.29 bits per heavy atom. The van der Waals surface area contributed by atoms with Gasteiger partial charge in [-0.05, 0) is 49.2 Å². The number of rotatable bonds is 5. The van der Waals surface area contributed by atoms with E-state index in [2.05, 4.69) is 29.1 Å². The molecule has 0 spiro atoms.